The Morgan fingerprint density at radius 1 is 1.50 bits per heavy atom. The largest absolute Gasteiger partial charge is 0.466 e. The van der Waals surface area contributed by atoms with Gasteiger partial charge in [-0.2, -0.15) is 0 Å². The molecule has 0 bridgehead atoms. The maximum atomic E-state index is 12.0. The number of amides is 1. The molecule has 1 amide bonds. The molecular weight excluding hydrogens is 234 g/mol. The summed E-state index contributed by atoms with van der Waals surface area (Å²) in [6.45, 7) is 2.29. The third-order valence-corrected chi connectivity index (χ3v) is 2.86. The van der Waals surface area contributed by atoms with Gasteiger partial charge in [-0.05, 0) is 18.6 Å². The van der Waals surface area contributed by atoms with Crippen molar-refractivity contribution >= 4 is 11.9 Å². The third kappa shape index (κ3) is 2.36. The van der Waals surface area contributed by atoms with Gasteiger partial charge in [-0.15, -0.1) is 0 Å². The molecule has 1 aliphatic rings. The van der Waals surface area contributed by atoms with Crippen LogP contribution in [0.5, 0.6) is 0 Å². The number of aliphatic hydroxyl groups excluding tert-OH is 1. The second kappa shape index (κ2) is 5.18. The summed E-state index contributed by atoms with van der Waals surface area (Å²) < 4.78 is 4.75. The van der Waals surface area contributed by atoms with Crippen molar-refractivity contribution in [1.29, 1.82) is 0 Å². The maximum Gasteiger partial charge on any atom is 0.310 e. The van der Waals surface area contributed by atoms with E-state index < -0.39 is 12.2 Å². The van der Waals surface area contributed by atoms with Gasteiger partial charge in [-0.3, -0.25) is 9.59 Å². The van der Waals surface area contributed by atoms with Gasteiger partial charge in [-0.1, -0.05) is 18.2 Å². The Hall–Kier alpha value is -1.88. The molecule has 0 unspecified atom stereocenters. The number of carbonyl (C=O) groups is 2. The van der Waals surface area contributed by atoms with Gasteiger partial charge in [0.1, 0.15) is 6.23 Å². The minimum Gasteiger partial charge on any atom is -0.466 e. The van der Waals surface area contributed by atoms with Gasteiger partial charge >= 0.3 is 5.97 Å². The number of hydrogen-bond acceptors (Lipinski definition) is 4. The number of ether oxygens (including phenoxy) is 1. The standard InChI is InChI=1S/C13H15NO4/c1-2-18-12(16)7-11(15)14-8-9-5-3-4-6-10(9)13(14)17/h3-6,11,15H,2,7-8H2,1H3/t11-/m0/s1. The first-order valence-corrected chi connectivity index (χ1v) is 5.86. The van der Waals surface area contributed by atoms with Gasteiger partial charge < -0.3 is 14.7 Å². The van der Waals surface area contributed by atoms with Crippen LogP contribution >= 0.6 is 0 Å². The van der Waals surface area contributed by atoms with E-state index in [1.165, 1.54) is 4.90 Å². The summed E-state index contributed by atoms with van der Waals surface area (Å²) in [7, 11) is 0. The molecule has 2 rings (SSSR count). The van der Waals surface area contributed by atoms with E-state index in [1.54, 1.807) is 19.1 Å². The van der Waals surface area contributed by atoms with Crippen LogP contribution in [0.15, 0.2) is 24.3 Å². The van der Waals surface area contributed by atoms with Crippen molar-refractivity contribution in [2.24, 2.45) is 0 Å². The summed E-state index contributed by atoms with van der Waals surface area (Å²) in [5.74, 6) is -0.754. The van der Waals surface area contributed by atoms with Crippen LogP contribution in [0.4, 0.5) is 0 Å². The number of esters is 1. The highest BCUT2D eigenvalue weighted by molar-refractivity contribution is 5.98. The Kier molecular flexibility index (Phi) is 3.62. The van der Waals surface area contributed by atoms with E-state index in [0.717, 1.165) is 5.56 Å². The zero-order valence-electron chi connectivity index (χ0n) is 10.1. The molecule has 1 aliphatic heterocycles. The Balaban J connectivity index is 2.04. The lowest BCUT2D eigenvalue weighted by Crippen LogP contribution is -2.37. The zero-order valence-corrected chi connectivity index (χ0v) is 10.1. The second-order valence-corrected chi connectivity index (χ2v) is 4.08. The highest BCUT2D eigenvalue weighted by atomic mass is 16.5. The van der Waals surface area contributed by atoms with Gasteiger partial charge in [0.05, 0.1) is 13.0 Å². The van der Waals surface area contributed by atoms with E-state index in [9.17, 15) is 14.7 Å². The zero-order chi connectivity index (χ0) is 13.1. The minimum absolute atomic E-state index is 0.201. The van der Waals surface area contributed by atoms with E-state index >= 15 is 0 Å². The van der Waals surface area contributed by atoms with Gasteiger partial charge in [0, 0.05) is 12.1 Å². The van der Waals surface area contributed by atoms with E-state index in [1.807, 2.05) is 12.1 Å². The van der Waals surface area contributed by atoms with E-state index in [0.29, 0.717) is 12.1 Å². The predicted molar refractivity (Wildman–Crippen MR) is 63.6 cm³/mol. The summed E-state index contributed by atoms with van der Waals surface area (Å²) in [6.07, 6.45) is -1.34. The average molecular weight is 249 g/mol. The number of benzene rings is 1. The molecule has 1 atom stereocenters. The van der Waals surface area contributed by atoms with Crippen molar-refractivity contribution in [3.05, 3.63) is 35.4 Å². The highest BCUT2D eigenvalue weighted by Crippen LogP contribution is 2.24. The second-order valence-electron chi connectivity index (χ2n) is 4.08. The number of nitrogens with zero attached hydrogens (tertiary/aromatic N) is 1. The van der Waals surface area contributed by atoms with Gasteiger partial charge in [0.2, 0.25) is 0 Å². The number of aliphatic hydroxyl groups is 1. The van der Waals surface area contributed by atoms with Crippen molar-refractivity contribution in [1.82, 2.24) is 4.90 Å². The lowest BCUT2D eigenvalue weighted by Gasteiger charge is -2.21. The summed E-state index contributed by atoms with van der Waals surface area (Å²) in [5, 5.41) is 9.89. The van der Waals surface area contributed by atoms with Crippen LogP contribution < -0.4 is 0 Å². The quantitative estimate of drug-likeness (QED) is 0.805. The molecule has 18 heavy (non-hydrogen) atoms. The molecule has 0 fully saturated rings. The Labute approximate surface area is 105 Å². The first-order valence-electron chi connectivity index (χ1n) is 5.86. The monoisotopic (exact) mass is 249 g/mol. The van der Waals surface area contributed by atoms with Gasteiger partial charge in [0.25, 0.3) is 5.91 Å². The van der Waals surface area contributed by atoms with Crippen LogP contribution in [0.1, 0.15) is 29.3 Å². The number of hydrogen-bond donors (Lipinski definition) is 1. The van der Waals surface area contributed by atoms with Crippen LogP contribution in [0.2, 0.25) is 0 Å². The Morgan fingerprint density at radius 3 is 2.89 bits per heavy atom. The lowest BCUT2D eigenvalue weighted by atomic mass is 10.1. The molecule has 1 heterocycles. The van der Waals surface area contributed by atoms with Crippen LogP contribution in [0.25, 0.3) is 0 Å². The molecule has 0 radical (unpaired) electrons. The first-order chi connectivity index (χ1) is 8.63. The van der Waals surface area contributed by atoms with Crippen LogP contribution in [0, 0.1) is 0 Å². The third-order valence-electron chi connectivity index (χ3n) is 2.86. The maximum absolute atomic E-state index is 12.0. The molecule has 0 spiro atoms. The SMILES string of the molecule is CCOC(=O)C[C@H](O)N1Cc2ccccc2C1=O. The summed E-state index contributed by atoms with van der Waals surface area (Å²) in [5.41, 5.74) is 1.45. The molecule has 0 saturated heterocycles. The fraction of sp³-hybridized carbons (Fsp3) is 0.385. The Morgan fingerprint density at radius 2 is 2.22 bits per heavy atom. The molecule has 1 N–H and O–H groups in total. The average Bonchev–Trinajstić information content (AvgIpc) is 2.68. The number of fused-ring (bicyclic) bond motifs is 1. The van der Waals surface area contributed by atoms with E-state index in [-0.39, 0.29) is 18.9 Å². The molecule has 5 nitrogen and oxygen atoms in total. The van der Waals surface area contributed by atoms with Gasteiger partial charge in [-0.25, -0.2) is 0 Å². The fourth-order valence-electron chi connectivity index (χ4n) is 2.00. The van der Waals surface area contributed by atoms with Crippen molar-refractivity contribution in [2.45, 2.75) is 26.1 Å². The van der Waals surface area contributed by atoms with E-state index in [4.69, 9.17) is 4.74 Å². The lowest BCUT2D eigenvalue weighted by molar-refractivity contribution is -0.147. The first kappa shape index (κ1) is 12.6. The number of rotatable bonds is 4. The molecule has 1 aromatic carbocycles. The minimum atomic E-state index is -1.14. The smallest absolute Gasteiger partial charge is 0.310 e. The normalized spacial score (nSPS) is 15.4. The van der Waals surface area contributed by atoms with Crippen molar-refractivity contribution < 1.29 is 19.4 Å². The molecule has 0 aliphatic carbocycles. The molecule has 0 aromatic heterocycles. The summed E-state index contributed by atoms with van der Waals surface area (Å²) in [4.78, 5) is 24.5. The Bertz CT molecular complexity index is 472. The molecule has 1 aromatic rings. The van der Waals surface area contributed by atoms with Gasteiger partial charge in [0.15, 0.2) is 0 Å². The summed E-state index contributed by atoms with van der Waals surface area (Å²) in [6, 6.07) is 7.17. The van der Waals surface area contributed by atoms with Crippen LogP contribution in [0.3, 0.4) is 0 Å². The molecular formula is C13H15NO4. The highest BCUT2D eigenvalue weighted by Gasteiger charge is 2.32. The van der Waals surface area contributed by atoms with Crippen molar-refractivity contribution in [2.75, 3.05) is 6.61 Å². The molecule has 5 heteroatoms. The van der Waals surface area contributed by atoms with Crippen LogP contribution in [-0.4, -0.2) is 34.7 Å². The van der Waals surface area contributed by atoms with E-state index in [2.05, 4.69) is 0 Å². The van der Waals surface area contributed by atoms with Crippen LogP contribution in [-0.2, 0) is 16.1 Å². The number of carbonyl (C=O) groups excluding carboxylic acids is 2. The molecule has 0 saturated carbocycles. The predicted octanol–water partition coefficient (Wildman–Crippen LogP) is 0.914. The fourth-order valence-corrected chi connectivity index (χ4v) is 2.00. The van der Waals surface area contributed by atoms with Crippen molar-refractivity contribution in [3.8, 4) is 0 Å². The molecule has 96 valence electrons. The topological polar surface area (TPSA) is 66.8 Å². The summed E-state index contributed by atoms with van der Waals surface area (Å²) >= 11 is 0. The van der Waals surface area contributed by atoms with Crippen molar-refractivity contribution in [3.63, 3.8) is 0 Å².